The monoisotopic (exact) mass is 416 g/mol. The molecule has 5 heteroatoms. The first-order chi connectivity index (χ1) is 13.6. The minimum absolute atomic E-state index is 0.0423. The molecular formula is C24H29ClO4. The van der Waals surface area contributed by atoms with E-state index in [1.165, 1.54) is 6.92 Å². The molecule has 8 atom stereocenters. The summed E-state index contributed by atoms with van der Waals surface area (Å²) in [5, 5.41) is 0.713. The minimum atomic E-state index is -1.03. The van der Waals surface area contributed by atoms with Gasteiger partial charge in [0.15, 0.2) is 17.2 Å². The summed E-state index contributed by atoms with van der Waals surface area (Å²) in [4.78, 5) is 37.1. The lowest BCUT2D eigenvalue weighted by molar-refractivity contribution is -0.185. The van der Waals surface area contributed by atoms with Gasteiger partial charge in [-0.1, -0.05) is 31.5 Å². The molecule has 0 aliphatic heterocycles. The summed E-state index contributed by atoms with van der Waals surface area (Å²) in [6.45, 7) is 7.42. The third-order valence-corrected chi connectivity index (χ3v) is 9.83. The van der Waals surface area contributed by atoms with E-state index < -0.39 is 5.60 Å². The van der Waals surface area contributed by atoms with Crippen LogP contribution in [0.25, 0.3) is 0 Å². The van der Waals surface area contributed by atoms with Crippen molar-refractivity contribution in [2.75, 3.05) is 0 Å². The van der Waals surface area contributed by atoms with Gasteiger partial charge >= 0.3 is 5.97 Å². The van der Waals surface area contributed by atoms with Gasteiger partial charge in [-0.15, -0.1) is 0 Å². The van der Waals surface area contributed by atoms with Crippen LogP contribution < -0.4 is 0 Å². The predicted octanol–water partition coefficient (Wildman–Crippen LogP) is 4.61. The topological polar surface area (TPSA) is 60.4 Å². The molecule has 3 unspecified atom stereocenters. The Balaban J connectivity index is 1.60. The number of esters is 1. The summed E-state index contributed by atoms with van der Waals surface area (Å²) >= 11 is 6.79. The summed E-state index contributed by atoms with van der Waals surface area (Å²) < 4.78 is 5.82. The van der Waals surface area contributed by atoms with E-state index in [2.05, 4.69) is 19.9 Å². The number of hydrogen-bond donors (Lipinski definition) is 0. The van der Waals surface area contributed by atoms with Crippen LogP contribution in [-0.4, -0.2) is 23.1 Å². The molecule has 3 saturated carbocycles. The highest BCUT2D eigenvalue weighted by Crippen LogP contribution is 2.72. The molecule has 0 aromatic rings. The van der Waals surface area contributed by atoms with E-state index in [-0.39, 0.29) is 46.1 Å². The molecule has 0 radical (unpaired) electrons. The van der Waals surface area contributed by atoms with Gasteiger partial charge in [0.2, 0.25) is 0 Å². The Morgan fingerprint density at radius 3 is 2.45 bits per heavy atom. The van der Waals surface area contributed by atoms with Gasteiger partial charge in [0.25, 0.3) is 0 Å². The first-order valence-corrected chi connectivity index (χ1v) is 11.3. The molecule has 0 saturated heterocycles. The first-order valence-electron chi connectivity index (χ1n) is 10.9. The van der Waals surface area contributed by atoms with Gasteiger partial charge in [-0.05, 0) is 74.3 Å². The smallest absolute Gasteiger partial charge is 0.303 e. The summed E-state index contributed by atoms with van der Waals surface area (Å²) in [6, 6.07) is 0. The Kier molecular flexibility index (Phi) is 3.93. The molecular weight excluding hydrogens is 388 g/mol. The van der Waals surface area contributed by atoms with E-state index in [9.17, 15) is 14.4 Å². The molecule has 5 aliphatic carbocycles. The normalized spacial score (nSPS) is 49.7. The minimum Gasteiger partial charge on any atom is -0.451 e. The molecule has 0 aromatic carbocycles. The third kappa shape index (κ3) is 2.24. The van der Waals surface area contributed by atoms with Crippen LogP contribution in [0.2, 0.25) is 0 Å². The largest absolute Gasteiger partial charge is 0.451 e. The second-order valence-corrected chi connectivity index (χ2v) is 10.9. The highest BCUT2D eigenvalue weighted by Gasteiger charge is 2.70. The van der Waals surface area contributed by atoms with Gasteiger partial charge in [0, 0.05) is 28.7 Å². The van der Waals surface area contributed by atoms with Crippen molar-refractivity contribution in [3.8, 4) is 0 Å². The van der Waals surface area contributed by atoms with Crippen molar-refractivity contribution in [2.24, 2.45) is 40.4 Å². The quantitative estimate of drug-likeness (QED) is 0.617. The summed E-state index contributed by atoms with van der Waals surface area (Å²) in [5.74, 6) is 1.27. The summed E-state index contributed by atoms with van der Waals surface area (Å²) in [5.41, 5.74) is -0.455. The van der Waals surface area contributed by atoms with Gasteiger partial charge in [-0.3, -0.25) is 14.4 Å². The Bertz CT molecular complexity index is 903. The Morgan fingerprint density at radius 1 is 1.10 bits per heavy atom. The van der Waals surface area contributed by atoms with E-state index in [0.29, 0.717) is 23.3 Å². The summed E-state index contributed by atoms with van der Waals surface area (Å²) in [7, 11) is 0. The zero-order valence-corrected chi connectivity index (χ0v) is 18.3. The number of hydrogen-bond acceptors (Lipinski definition) is 4. The van der Waals surface area contributed by atoms with E-state index in [1.807, 2.05) is 6.08 Å². The number of fused-ring (bicyclic) bond motifs is 7. The second kappa shape index (κ2) is 5.84. The fourth-order valence-corrected chi connectivity index (χ4v) is 8.43. The van der Waals surface area contributed by atoms with Crippen LogP contribution in [0, 0.1) is 40.4 Å². The number of ether oxygens (including phenoxy) is 1. The molecule has 3 fully saturated rings. The van der Waals surface area contributed by atoms with Gasteiger partial charge < -0.3 is 4.74 Å². The highest BCUT2D eigenvalue weighted by atomic mass is 35.5. The van der Waals surface area contributed by atoms with Gasteiger partial charge in [0.1, 0.15) is 0 Å². The number of rotatable bonds is 2. The molecule has 0 amide bonds. The van der Waals surface area contributed by atoms with Gasteiger partial charge in [-0.25, -0.2) is 0 Å². The van der Waals surface area contributed by atoms with Crippen LogP contribution in [0.5, 0.6) is 0 Å². The van der Waals surface area contributed by atoms with E-state index in [4.69, 9.17) is 16.3 Å². The Morgan fingerprint density at radius 2 is 1.79 bits per heavy atom. The lowest BCUT2D eigenvalue weighted by Crippen LogP contribution is -2.58. The molecule has 29 heavy (non-hydrogen) atoms. The number of allylic oxidation sites excluding steroid dienone is 4. The number of carbonyl (C=O) groups is 3. The Labute approximate surface area is 177 Å². The first kappa shape index (κ1) is 19.5. The predicted molar refractivity (Wildman–Crippen MR) is 109 cm³/mol. The van der Waals surface area contributed by atoms with E-state index in [0.717, 1.165) is 31.3 Å². The molecule has 156 valence electrons. The van der Waals surface area contributed by atoms with Crippen molar-refractivity contribution in [3.63, 3.8) is 0 Å². The maximum absolute atomic E-state index is 12.8. The van der Waals surface area contributed by atoms with Crippen LogP contribution in [0.15, 0.2) is 22.8 Å². The van der Waals surface area contributed by atoms with Crippen LogP contribution in [0.3, 0.4) is 0 Å². The van der Waals surface area contributed by atoms with Crippen molar-refractivity contribution in [2.45, 2.75) is 65.4 Å². The summed E-state index contributed by atoms with van der Waals surface area (Å²) in [6.07, 6.45) is 8.18. The van der Waals surface area contributed by atoms with Crippen molar-refractivity contribution in [1.29, 1.82) is 0 Å². The lowest BCUT2D eigenvalue weighted by atomic mass is 9.47. The maximum atomic E-state index is 12.8. The third-order valence-electron chi connectivity index (χ3n) is 9.50. The van der Waals surface area contributed by atoms with Crippen LogP contribution in [-0.2, 0) is 19.1 Å². The number of Topliss-reactive ketones (excluding diaryl/α,β-unsaturated/α-hetero) is 1. The lowest BCUT2D eigenvalue weighted by Gasteiger charge is -2.57. The SMILES string of the molecule is CC(=O)O[C@]1(C(C)=O)CCC2C3C=C(Cl)C4=CC(=O)[C@@H]5C[C@@H]5[C@]4(C)C3CC[C@@]21C. The maximum Gasteiger partial charge on any atom is 0.303 e. The molecule has 5 rings (SSSR count). The number of carbonyl (C=O) groups excluding carboxylic acids is 3. The Hall–Kier alpha value is -1.42. The highest BCUT2D eigenvalue weighted by molar-refractivity contribution is 6.32. The molecule has 0 aromatic heterocycles. The average molecular weight is 417 g/mol. The molecule has 0 bridgehead atoms. The number of halogens is 1. The van der Waals surface area contributed by atoms with Crippen LogP contribution >= 0.6 is 11.6 Å². The number of ketones is 2. The van der Waals surface area contributed by atoms with Crippen molar-refractivity contribution < 1.29 is 19.1 Å². The van der Waals surface area contributed by atoms with E-state index >= 15 is 0 Å². The average Bonchev–Trinajstić information content (AvgIpc) is 3.39. The molecule has 0 N–H and O–H groups in total. The van der Waals surface area contributed by atoms with Gasteiger partial charge in [-0.2, -0.15) is 0 Å². The van der Waals surface area contributed by atoms with E-state index in [1.54, 1.807) is 6.92 Å². The van der Waals surface area contributed by atoms with Gasteiger partial charge in [0.05, 0.1) is 0 Å². The molecule has 5 aliphatic rings. The fraction of sp³-hybridized carbons (Fsp3) is 0.708. The molecule has 0 spiro atoms. The zero-order valence-electron chi connectivity index (χ0n) is 17.6. The van der Waals surface area contributed by atoms with Crippen molar-refractivity contribution in [3.05, 3.63) is 22.8 Å². The van der Waals surface area contributed by atoms with Crippen molar-refractivity contribution >= 4 is 29.1 Å². The molecule has 4 nitrogen and oxygen atoms in total. The second-order valence-electron chi connectivity index (χ2n) is 10.5. The van der Waals surface area contributed by atoms with Crippen LogP contribution in [0.4, 0.5) is 0 Å². The standard InChI is InChI=1S/C24H29ClO4/c1-12(26)24(29-13(2)27)8-6-16-14-10-20(25)19-11-21(28)15-9-18(15)23(19,4)17(14)5-7-22(16,24)3/h10-11,14-18H,5-9H2,1-4H3/t14?,15-,16?,17?,18+,22+,23+,24+/m1/s1. The molecule has 0 heterocycles. The van der Waals surface area contributed by atoms with Crippen molar-refractivity contribution in [1.82, 2.24) is 0 Å². The fourth-order valence-electron chi connectivity index (χ4n) is 8.03. The zero-order chi connectivity index (χ0) is 20.9. The van der Waals surface area contributed by atoms with Crippen LogP contribution in [0.1, 0.15) is 59.8 Å².